The molecule has 130 valence electrons. The van der Waals surface area contributed by atoms with Crippen LogP contribution in [0, 0.1) is 20.8 Å². The molecule has 1 heterocycles. The van der Waals surface area contributed by atoms with Gasteiger partial charge in [0.25, 0.3) is 0 Å². The van der Waals surface area contributed by atoms with Gasteiger partial charge >= 0.3 is 0 Å². The lowest BCUT2D eigenvalue weighted by atomic mass is 10.1. The van der Waals surface area contributed by atoms with E-state index in [-0.39, 0.29) is 0 Å². The Hall–Kier alpha value is -1.10. The Morgan fingerprint density at radius 1 is 1.30 bits per heavy atom. The molecule has 1 aromatic rings. The molecule has 23 heavy (non-hydrogen) atoms. The molecule has 4 heteroatoms. The van der Waals surface area contributed by atoms with E-state index in [4.69, 9.17) is 4.74 Å². The molecule has 0 amide bonds. The van der Waals surface area contributed by atoms with Gasteiger partial charge in [0.15, 0.2) is 0 Å². The molecule has 1 aromatic carbocycles. The van der Waals surface area contributed by atoms with Gasteiger partial charge in [-0.25, -0.2) is 0 Å². The molecule has 0 spiro atoms. The summed E-state index contributed by atoms with van der Waals surface area (Å²) in [4.78, 5) is 2.51. The van der Waals surface area contributed by atoms with Crippen LogP contribution < -0.4 is 10.1 Å². The van der Waals surface area contributed by atoms with Gasteiger partial charge in [-0.15, -0.1) is 0 Å². The lowest BCUT2D eigenvalue weighted by Crippen LogP contribution is -2.41. The number of nitrogens with one attached hydrogen (secondary N) is 1. The third kappa shape index (κ3) is 4.93. The second-order valence-electron chi connectivity index (χ2n) is 6.70. The van der Waals surface area contributed by atoms with E-state index in [0.717, 1.165) is 30.0 Å². The lowest BCUT2D eigenvalue weighted by molar-refractivity contribution is 0.103. The first-order chi connectivity index (χ1) is 11.0. The molecule has 1 aliphatic rings. The van der Waals surface area contributed by atoms with Crippen LogP contribution in [0.3, 0.4) is 0 Å². The van der Waals surface area contributed by atoms with Crippen LogP contribution in [0.4, 0.5) is 0 Å². The van der Waals surface area contributed by atoms with Crippen LogP contribution in [0.25, 0.3) is 0 Å². The summed E-state index contributed by atoms with van der Waals surface area (Å²) in [6.07, 6.45) is 2.07. The van der Waals surface area contributed by atoms with E-state index in [2.05, 4.69) is 43.1 Å². The first-order valence-corrected chi connectivity index (χ1v) is 8.85. The van der Waals surface area contributed by atoms with E-state index < -0.39 is 6.10 Å². The number of rotatable bonds is 8. The van der Waals surface area contributed by atoms with Crippen LogP contribution in [0.5, 0.6) is 5.75 Å². The number of aliphatic hydroxyl groups is 1. The summed E-state index contributed by atoms with van der Waals surface area (Å²) in [5, 5.41) is 13.6. The van der Waals surface area contributed by atoms with Crippen molar-refractivity contribution in [2.24, 2.45) is 0 Å². The third-order valence-electron chi connectivity index (χ3n) is 4.96. The van der Waals surface area contributed by atoms with Crippen molar-refractivity contribution in [2.45, 2.75) is 52.7 Å². The fraction of sp³-hybridized carbons (Fsp3) is 0.684. The maximum Gasteiger partial charge on any atom is 0.125 e. The number of hydrogen-bond donors (Lipinski definition) is 2. The lowest BCUT2D eigenvalue weighted by Gasteiger charge is -2.24. The molecule has 0 radical (unpaired) electrons. The first-order valence-electron chi connectivity index (χ1n) is 8.85. The number of likely N-dealkylation sites (tertiary alicyclic amines) is 1. The summed E-state index contributed by atoms with van der Waals surface area (Å²) in [6.45, 7) is 12.6. The second kappa shape index (κ2) is 8.67. The molecular weight excluding hydrogens is 288 g/mol. The van der Waals surface area contributed by atoms with E-state index in [9.17, 15) is 5.11 Å². The number of aryl methyl sites for hydroxylation is 2. The summed E-state index contributed by atoms with van der Waals surface area (Å²) in [6, 6.07) is 4.80. The van der Waals surface area contributed by atoms with Crippen molar-refractivity contribution in [3.05, 3.63) is 28.8 Å². The summed E-state index contributed by atoms with van der Waals surface area (Å²) in [5.74, 6) is 0.914. The molecule has 0 bridgehead atoms. The van der Waals surface area contributed by atoms with Crippen molar-refractivity contribution in [2.75, 3.05) is 32.8 Å². The first kappa shape index (κ1) is 18.2. The van der Waals surface area contributed by atoms with Crippen molar-refractivity contribution in [1.82, 2.24) is 10.2 Å². The molecule has 0 aromatic heterocycles. The van der Waals surface area contributed by atoms with Gasteiger partial charge in [-0.05, 0) is 63.4 Å². The largest absolute Gasteiger partial charge is 0.490 e. The van der Waals surface area contributed by atoms with E-state index in [0.29, 0.717) is 19.2 Å². The summed E-state index contributed by atoms with van der Waals surface area (Å²) < 4.78 is 5.87. The topological polar surface area (TPSA) is 44.7 Å². The molecule has 2 atom stereocenters. The average molecular weight is 320 g/mol. The molecule has 0 aliphatic carbocycles. The van der Waals surface area contributed by atoms with Crippen LogP contribution in [0.1, 0.15) is 36.5 Å². The Bertz CT molecular complexity index is 504. The van der Waals surface area contributed by atoms with Crippen molar-refractivity contribution >= 4 is 0 Å². The quantitative estimate of drug-likeness (QED) is 0.772. The predicted octanol–water partition coefficient (Wildman–Crippen LogP) is 2.43. The summed E-state index contributed by atoms with van der Waals surface area (Å²) in [5.41, 5.74) is 3.51. The minimum absolute atomic E-state index is 0.334. The molecule has 4 nitrogen and oxygen atoms in total. The van der Waals surface area contributed by atoms with Gasteiger partial charge in [0, 0.05) is 19.1 Å². The Morgan fingerprint density at radius 2 is 2.04 bits per heavy atom. The summed E-state index contributed by atoms with van der Waals surface area (Å²) in [7, 11) is 0. The van der Waals surface area contributed by atoms with E-state index in [1.54, 1.807) is 0 Å². The third-order valence-corrected chi connectivity index (χ3v) is 4.96. The zero-order valence-corrected chi connectivity index (χ0v) is 15.1. The van der Waals surface area contributed by atoms with Crippen molar-refractivity contribution in [3.8, 4) is 5.75 Å². The molecule has 1 saturated heterocycles. The number of benzene rings is 1. The molecular formula is C19H32N2O2. The standard InChI is InChI=1S/C19H32N2O2/c1-5-21-10-6-7-17(21)11-20-12-18(22)13-23-19-15(3)9-8-14(2)16(19)4/h8-9,17-18,20,22H,5-7,10-13H2,1-4H3. The highest BCUT2D eigenvalue weighted by Gasteiger charge is 2.22. The maximum absolute atomic E-state index is 10.2. The van der Waals surface area contributed by atoms with E-state index in [1.807, 2.05) is 6.92 Å². The normalized spacial score (nSPS) is 20.0. The minimum Gasteiger partial charge on any atom is -0.490 e. The van der Waals surface area contributed by atoms with Crippen LogP contribution >= 0.6 is 0 Å². The molecule has 1 aliphatic heterocycles. The van der Waals surface area contributed by atoms with Crippen LogP contribution in [-0.2, 0) is 0 Å². The zero-order chi connectivity index (χ0) is 16.8. The summed E-state index contributed by atoms with van der Waals surface area (Å²) >= 11 is 0. The highest BCUT2D eigenvalue weighted by Crippen LogP contribution is 2.25. The van der Waals surface area contributed by atoms with Gasteiger partial charge in [-0.3, -0.25) is 4.90 Å². The van der Waals surface area contributed by atoms with Gasteiger partial charge in [0.05, 0.1) is 0 Å². The molecule has 2 N–H and O–H groups in total. The molecule has 0 saturated carbocycles. The average Bonchev–Trinajstić information content (AvgIpc) is 2.98. The molecule has 2 rings (SSSR count). The second-order valence-corrected chi connectivity index (χ2v) is 6.70. The monoisotopic (exact) mass is 320 g/mol. The minimum atomic E-state index is -0.481. The van der Waals surface area contributed by atoms with Gasteiger partial charge < -0.3 is 15.2 Å². The predicted molar refractivity (Wildman–Crippen MR) is 95.3 cm³/mol. The fourth-order valence-corrected chi connectivity index (χ4v) is 3.35. The van der Waals surface area contributed by atoms with Crippen molar-refractivity contribution in [1.29, 1.82) is 0 Å². The van der Waals surface area contributed by atoms with Gasteiger partial charge in [0.2, 0.25) is 0 Å². The number of nitrogens with zero attached hydrogens (tertiary/aromatic N) is 1. The highest BCUT2D eigenvalue weighted by atomic mass is 16.5. The van der Waals surface area contributed by atoms with Crippen LogP contribution in [0.15, 0.2) is 12.1 Å². The van der Waals surface area contributed by atoms with Crippen LogP contribution in [0.2, 0.25) is 0 Å². The van der Waals surface area contributed by atoms with Crippen LogP contribution in [-0.4, -0.2) is 54.9 Å². The maximum atomic E-state index is 10.2. The SMILES string of the molecule is CCN1CCCC1CNCC(O)COc1c(C)ccc(C)c1C. The Kier molecular flexibility index (Phi) is 6.88. The Labute approximate surface area is 140 Å². The molecule has 2 unspecified atom stereocenters. The van der Waals surface area contributed by atoms with E-state index >= 15 is 0 Å². The Balaban J connectivity index is 1.73. The van der Waals surface area contributed by atoms with Crippen molar-refractivity contribution < 1.29 is 9.84 Å². The number of ether oxygens (including phenoxy) is 1. The van der Waals surface area contributed by atoms with Gasteiger partial charge in [0.1, 0.15) is 18.5 Å². The number of aliphatic hydroxyl groups excluding tert-OH is 1. The fourth-order valence-electron chi connectivity index (χ4n) is 3.35. The van der Waals surface area contributed by atoms with E-state index in [1.165, 1.54) is 24.9 Å². The zero-order valence-electron chi connectivity index (χ0n) is 15.1. The molecule has 1 fully saturated rings. The highest BCUT2D eigenvalue weighted by molar-refractivity contribution is 5.44. The smallest absolute Gasteiger partial charge is 0.125 e. The van der Waals surface area contributed by atoms with Gasteiger partial charge in [-0.1, -0.05) is 19.1 Å². The number of likely N-dealkylation sites (N-methyl/N-ethyl adjacent to an activating group) is 1. The Morgan fingerprint density at radius 3 is 2.78 bits per heavy atom. The number of hydrogen-bond acceptors (Lipinski definition) is 4. The van der Waals surface area contributed by atoms with Gasteiger partial charge in [-0.2, -0.15) is 0 Å². The van der Waals surface area contributed by atoms with Crippen molar-refractivity contribution in [3.63, 3.8) is 0 Å².